The van der Waals surface area contributed by atoms with Crippen LogP contribution < -0.4 is 5.32 Å². The Labute approximate surface area is 123 Å². The van der Waals surface area contributed by atoms with Crippen LogP contribution in [0.2, 0.25) is 0 Å². The summed E-state index contributed by atoms with van der Waals surface area (Å²) in [5.41, 5.74) is 3.88. The second kappa shape index (κ2) is 5.20. The lowest BCUT2D eigenvalue weighted by atomic mass is 10.2. The fourth-order valence-corrected chi connectivity index (χ4v) is 2.36. The molecule has 21 heavy (non-hydrogen) atoms. The van der Waals surface area contributed by atoms with Crippen molar-refractivity contribution in [3.63, 3.8) is 0 Å². The Morgan fingerprint density at radius 3 is 2.76 bits per heavy atom. The van der Waals surface area contributed by atoms with Gasteiger partial charge in [0.1, 0.15) is 5.76 Å². The Hall–Kier alpha value is -2.37. The number of aryl methyl sites for hydroxylation is 2. The highest BCUT2D eigenvalue weighted by atomic mass is 16.5. The smallest absolute Gasteiger partial charge is 0.158 e. The number of hydrogen-bond donors (Lipinski definition) is 1. The summed E-state index contributed by atoms with van der Waals surface area (Å²) in [7, 11) is 0. The van der Waals surface area contributed by atoms with Crippen molar-refractivity contribution in [3.8, 4) is 0 Å². The van der Waals surface area contributed by atoms with Gasteiger partial charge >= 0.3 is 0 Å². The summed E-state index contributed by atoms with van der Waals surface area (Å²) >= 11 is 0. The van der Waals surface area contributed by atoms with Crippen LogP contribution in [-0.2, 0) is 6.54 Å². The lowest BCUT2D eigenvalue weighted by Crippen LogP contribution is -2.04. The molecule has 3 rings (SSSR count). The van der Waals surface area contributed by atoms with Gasteiger partial charge in [-0.2, -0.15) is 5.10 Å². The van der Waals surface area contributed by atoms with Gasteiger partial charge in [0.25, 0.3) is 0 Å². The van der Waals surface area contributed by atoms with Gasteiger partial charge in [-0.25, -0.2) is 9.67 Å². The van der Waals surface area contributed by atoms with E-state index >= 15 is 0 Å². The van der Waals surface area contributed by atoms with Crippen LogP contribution in [0.5, 0.6) is 0 Å². The number of pyridine rings is 1. The van der Waals surface area contributed by atoms with Crippen LogP contribution in [0, 0.1) is 13.8 Å². The zero-order chi connectivity index (χ0) is 15.0. The highest BCUT2D eigenvalue weighted by molar-refractivity contribution is 5.78. The molecule has 0 saturated carbocycles. The third-order valence-electron chi connectivity index (χ3n) is 3.57. The van der Waals surface area contributed by atoms with Gasteiger partial charge in [-0.3, -0.25) is 0 Å². The van der Waals surface area contributed by atoms with E-state index in [2.05, 4.69) is 40.5 Å². The first kappa shape index (κ1) is 13.6. The number of anilines is 1. The van der Waals surface area contributed by atoms with Gasteiger partial charge in [0.15, 0.2) is 5.65 Å². The molecule has 0 spiro atoms. The normalized spacial score (nSPS) is 11.5. The Kier molecular flexibility index (Phi) is 3.37. The second-order valence-corrected chi connectivity index (χ2v) is 5.48. The number of nitrogens with one attached hydrogen (secondary N) is 1. The van der Waals surface area contributed by atoms with Gasteiger partial charge in [-0.1, -0.05) is 5.16 Å². The van der Waals surface area contributed by atoms with E-state index < -0.39 is 0 Å². The van der Waals surface area contributed by atoms with E-state index in [-0.39, 0.29) is 0 Å². The molecule has 3 heterocycles. The van der Waals surface area contributed by atoms with Crippen LogP contribution in [0.15, 0.2) is 23.0 Å². The highest BCUT2D eigenvalue weighted by Crippen LogP contribution is 2.20. The summed E-state index contributed by atoms with van der Waals surface area (Å²) in [4.78, 5) is 4.51. The largest absolute Gasteiger partial charge is 0.379 e. The predicted molar refractivity (Wildman–Crippen MR) is 81.2 cm³/mol. The fraction of sp³-hybridized carbons (Fsp3) is 0.400. The first-order valence-electron chi connectivity index (χ1n) is 7.05. The molecule has 0 radical (unpaired) electrons. The first-order valence-corrected chi connectivity index (χ1v) is 7.05. The van der Waals surface area contributed by atoms with Gasteiger partial charge < -0.3 is 9.84 Å². The molecule has 1 N–H and O–H groups in total. The first-order chi connectivity index (χ1) is 10.1. The molecule has 0 amide bonds. The van der Waals surface area contributed by atoms with Gasteiger partial charge in [-0.05, 0) is 33.8 Å². The molecule has 0 bridgehead atoms. The molecule has 0 aliphatic rings. The summed E-state index contributed by atoms with van der Waals surface area (Å²) in [5, 5.41) is 12.7. The zero-order valence-corrected chi connectivity index (χ0v) is 12.7. The summed E-state index contributed by atoms with van der Waals surface area (Å²) < 4.78 is 7.09. The number of aromatic nitrogens is 4. The number of rotatable bonds is 4. The monoisotopic (exact) mass is 285 g/mol. The third-order valence-corrected chi connectivity index (χ3v) is 3.57. The van der Waals surface area contributed by atoms with E-state index in [1.54, 1.807) is 0 Å². The Morgan fingerprint density at radius 1 is 1.29 bits per heavy atom. The van der Waals surface area contributed by atoms with Crippen molar-refractivity contribution in [2.75, 3.05) is 5.32 Å². The van der Waals surface area contributed by atoms with Crippen LogP contribution in [0.3, 0.4) is 0 Å². The van der Waals surface area contributed by atoms with Gasteiger partial charge in [-0.15, -0.1) is 0 Å². The predicted octanol–water partition coefficient (Wildman–Crippen LogP) is 3.23. The maximum Gasteiger partial charge on any atom is 0.158 e. The quantitative estimate of drug-likeness (QED) is 0.797. The van der Waals surface area contributed by atoms with E-state index in [0.717, 1.165) is 33.7 Å². The van der Waals surface area contributed by atoms with Crippen molar-refractivity contribution < 1.29 is 4.52 Å². The summed E-state index contributed by atoms with van der Waals surface area (Å²) in [6.45, 7) is 8.73. The van der Waals surface area contributed by atoms with E-state index in [4.69, 9.17) is 4.52 Å². The van der Waals surface area contributed by atoms with E-state index in [9.17, 15) is 0 Å². The fourth-order valence-electron chi connectivity index (χ4n) is 2.36. The van der Waals surface area contributed by atoms with Gasteiger partial charge in [0.2, 0.25) is 0 Å². The Bertz CT molecular complexity index is 752. The van der Waals surface area contributed by atoms with Crippen molar-refractivity contribution in [2.45, 2.75) is 40.3 Å². The van der Waals surface area contributed by atoms with Gasteiger partial charge in [0, 0.05) is 23.5 Å². The lowest BCUT2D eigenvalue weighted by Gasteiger charge is -2.08. The molecule has 0 aromatic carbocycles. The van der Waals surface area contributed by atoms with Crippen molar-refractivity contribution in [3.05, 3.63) is 35.5 Å². The molecule has 0 aliphatic heterocycles. The topological polar surface area (TPSA) is 68.8 Å². The molecule has 6 nitrogen and oxygen atoms in total. The molecule has 3 aromatic rings. The summed E-state index contributed by atoms with van der Waals surface area (Å²) in [6, 6.07) is 2.36. The molecule has 0 aliphatic carbocycles. The van der Waals surface area contributed by atoms with E-state index in [0.29, 0.717) is 12.6 Å². The minimum absolute atomic E-state index is 0.302. The second-order valence-electron chi connectivity index (χ2n) is 5.48. The minimum atomic E-state index is 0.302. The average Bonchev–Trinajstić information content (AvgIpc) is 3.01. The number of fused-ring (bicyclic) bond motifs is 1. The summed E-state index contributed by atoms with van der Waals surface area (Å²) in [5.74, 6) is 0.849. The highest BCUT2D eigenvalue weighted by Gasteiger charge is 2.10. The van der Waals surface area contributed by atoms with Crippen molar-refractivity contribution in [1.29, 1.82) is 0 Å². The molecule has 0 unspecified atom stereocenters. The molecule has 0 saturated heterocycles. The van der Waals surface area contributed by atoms with Crippen LogP contribution in [0.25, 0.3) is 11.0 Å². The van der Waals surface area contributed by atoms with Crippen molar-refractivity contribution >= 4 is 16.7 Å². The molecule has 6 heteroatoms. The molecule has 0 fully saturated rings. The van der Waals surface area contributed by atoms with E-state index in [1.165, 1.54) is 0 Å². The molecular formula is C15H19N5O. The maximum absolute atomic E-state index is 5.16. The summed E-state index contributed by atoms with van der Waals surface area (Å²) in [6.07, 6.45) is 3.69. The Balaban J connectivity index is 1.82. The zero-order valence-electron chi connectivity index (χ0n) is 12.7. The number of hydrogen-bond acceptors (Lipinski definition) is 5. The molecule has 3 aromatic heterocycles. The molecule has 110 valence electrons. The van der Waals surface area contributed by atoms with Crippen molar-refractivity contribution in [2.24, 2.45) is 0 Å². The molecular weight excluding hydrogens is 266 g/mol. The van der Waals surface area contributed by atoms with E-state index in [1.807, 2.05) is 30.9 Å². The third kappa shape index (κ3) is 2.49. The van der Waals surface area contributed by atoms with Crippen LogP contribution in [0.4, 0.5) is 5.69 Å². The Morgan fingerprint density at radius 2 is 2.10 bits per heavy atom. The lowest BCUT2D eigenvalue weighted by molar-refractivity contribution is 0.392. The van der Waals surface area contributed by atoms with Crippen LogP contribution >= 0.6 is 0 Å². The van der Waals surface area contributed by atoms with Crippen molar-refractivity contribution in [1.82, 2.24) is 19.9 Å². The van der Waals surface area contributed by atoms with Crippen LogP contribution in [-0.4, -0.2) is 19.9 Å². The SMILES string of the molecule is Cc1noc(C)c1CNc1cnc2c(cnn2C(C)C)c1. The molecule has 0 atom stereocenters. The average molecular weight is 285 g/mol. The maximum atomic E-state index is 5.16. The standard InChI is InChI=1S/C15H19N5O/c1-9(2)20-15-12(6-18-20)5-13(7-17-15)16-8-14-10(3)19-21-11(14)4/h5-7,9,16H,8H2,1-4H3. The van der Waals surface area contributed by atoms with Crippen LogP contribution in [0.1, 0.15) is 36.9 Å². The van der Waals surface area contributed by atoms with Gasteiger partial charge in [0.05, 0.1) is 23.8 Å². The number of nitrogens with zero attached hydrogens (tertiary/aromatic N) is 4. The minimum Gasteiger partial charge on any atom is -0.379 e.